The molecule has 2 heterocycles. The highest BCUT2D eigenvalue weighted by Crippen LogP contribution is 2.33. The van der Waals surface area contributed by atoms with E-state index in [0.717, 1.165) is 31.9 Å². The molecule has 4 aromatic rings. The summed E-state index contributed by atoms with van der Waals surface area (Å²) < 4.78 is 6.49. The lowest BCUT2D eigenvalue weighted by Gasteiger charge is -2.10. The van der Waals surface area contributed by atoms with E-state index in [2.05, 4.69) is 122 Å². The molecular formula is C26H34Cl2N8S4. The Balaban J connectivity index is 0.00000280. The number of hydrogen-bond donors (Lipinski definition) is 0. The van der Waals surface area contributed by atoms with Gasteiger partial charge in [0.1, 0.15) is 0 Å². The fourth-order valence-corrected chi connectivity index (χ4v) is 7.40. The minimum atomic E-state index is 0. The van der Waals surface area contributed by atoms with Gasteiger partial charge in [0, 0.05) is 11.5 Å². The van der Waals surface area contributed by atoms with Crippen molar-refractivity contribution < 1.29 is 34.0 Å². The van der Waals surface area contributed by atoms with Crippen molar-refractivity contribution in [3.05, 3.63) is 47.5 Å². The molecule has 8 nitrogen and oxygen atoms in total. The molecule has 0 N–H and O–H groups in total. The van der Waals surface area contributed by atoms with Crippen LogP contribution >= 0.6 is 46.2 Å². The van der Waals surface area contributed by atoms with E-state index in [4.69, 9.17) is 9.97 Å². The quantitative estimate of drug-likeness (QED) is 0.128. The normalized spacial score (nSPS) is 10.9. The number of hydrogen-bond acceptors (Lipinski definition) is 8. The molecule has 0 bridgehead atoms. The van der Waals surface area contributed by atoms with Crippen LogP contribution in [0, 0.1) is 0 Å². The summed E-state index contributed by atoms with van der Waals surface area (Å²) in [7, 11) is 16.5. The van der Waals surface area contributed by atoms with Crippen molar-refractivity contribution >= 4 is 87.2 Å². The van der Waals surface area contributed by atoms with Crippen molar-refractivity contribution in [3.63, 3.8) is 0 Å². The number of amidine groups is 2. The van der Waals surface area contributed by atoms with E-state index in [9.17, 15) is 0 Å². The van der Waals surface area contributed by atoms with Crippen LogP contribution in [0.5, 0.6) is 0 Å². The number of nitrogens with zero attached hydrogens (tertiary/aromatic N) is 8. The summed E-state index contributed by atoms with van der Waals surface area (Å²) in [6, 6.07) is 12.9. The van der Waals surface area contributed by atoms with E-state index in [1.54, 1.807) is 22.7 Å². The lowest BCUT2D eigenvalue weighted by molar-refractivity contribution is -0.466. The molecule has 14 heteroatoms. The number of azo groups is 1. The molecule has 2 aromatic heterocycles. The average molecular weight is 658 g/mol. The van der Waals surface area contributed by atoms with Crippen molar-refractivity contribution in [3.8, 4) is 0 Å². The first-order valence-electron chi connectivity index (χ1n) is 12.0. The van der Waals surface area contributed by atoms with Crippen molar-refractivity contribution in [1.82, 2.24) is 19.8 Å². The molecule has 0 saturated carbocycles. The molecule has 40 heavy (non-hydrogen) atoms. The van der Waals surface area contributed by atoms with Gasteiger partial charge in [-0.3, -0.25) is 19.0 Å². The molecule has 0 spiro atoms. The zero-order chi connectivity index (χ0) is 27.4. The molecule has 0 fully saturated rings. The van der Waals surface area contributed by atoms with Crippen LogP contribution < -0.4 is 24.8 Å². The Kier molecular flexibility index (Phi) is 13.1. The zero-order valence-corrected chi connectivity index (χ0v) is 28.6. The smallest absolute Gasteiger partial charge is 0.307 e. The van der Waals surface area contributed by atoms with Crippen LogP contribution in [0.15, 0.2) is 46.6 Å². The number of thioether (sulfide) groups is 2. The fraction of sp³-hybridized carbons (Fsp3) is 0.385. The van der Waals surface area contributed by atoms with Gasteiger partial charge in [0.2, 0.25) is 10.3 Å². The standard InChI is InChI=1S/C26H34N8S4.2ClH/c1-31(2)25(32(3)4)35-15-17-9-11-21-19(13-17)27-23(37-21)29-30-24-28-20-14-18(10-12-22(20)38-24)16-36-26(33(5)6)34(7)8;;/h9-14H,15-16H2,1-8H3;2*1H/q+2;;/p-2. The second kappa shape index (κ2) is 15.3. The van der Waals surface area contributed by atoms with Crippen LogP contribution in [-0.4, -0.2) is 95.6 Å². The lowest BCUT2D eigenvalue weighted by atomic mass is 10.2. The summed E-state index contributed by atoms with van der Waals surface area (Å²) in [5.41, 5.74) is 4.38. The first-order valence-corrected chi connectivity index (χ1v) is 15.6. The van der Waals surface area contributed by atoms with Gasteiger partial charge < -0.3 is 24.8 Å². The maximum Gasteiger partial charge on any atom is 0.307 e. The van der Waals surface area contributed by atoms with E-state index in [1.807, 2.05) is 23.5 Å². The van der Waals surface area contributed by atoms with Crippen LogP contribution in [0.25, 0.3) is 20.4 Å². The summed E-state index contributed by atoms with van der Waals surface area (Å²) in [6.45, 7) is 0. The number of aromatic nitrogens is 2. The van der Waals surface area contributed by atoms with E-state index in [1.165, 1.54) is 21.5 Å². The first-order chi connectivity index (χ1) is 18.1. The molecule has 0 amide bonds. The zero-order valence-electron chi connectivity index (χ0n) is 23.8. The molecule has 0 saturated heterocycles. The molecule has 0 atom stereocenters. The molecular weight excluding hydrogens is 624 g/mol. The Bertz CT molecular complexity index is 1420. The number of thiazole rings is 2. The van der Waals surface area contributed by atoms with Gasteiger partial charge in [-0.1, -0.05) is 34.8 Å². The van der Waals surface area contributed by atoms with Crippen LogP contribution in [0.4, 0.5) is 10.3 Å². The monoisotopic (exact) mass is 656 g/mol. The van der Waals surface area contributed by atoms with Gasteiger partial charge in [0.15, 0.2) is 0 Å². The number of halogens is 2. The van der Waals surface area contributed by atoms with Gasteiger partial charge in [-0.2, -0.15) is 0 Å². The molecule has 0 aliphatic heterocycles. The van der Waals surface area contributed by atoms with Gasteiger partial charge in [-0.25, -0.2) is 9.97 Å². The number of fused-ring (bicyclic) bond motifs is 2. The first kappa shape index (κ1) is 34.2. The van der Waals surface area contributed by atoms with Crippen molar-refractivity contribution in [2.45, 2.75) is 11.5 Å². The molecule has 2 aromatic carbocycles. The van der Waals surface area contributed by atoms with Gasteiger partial charge >= 0.3 is 10.3 Å². The number of rotatable bonds is 6. The van der Waals surface area contributed by atoms with E-state index in [0.29, 0.717) is 10.3 Å². The maximum absolute atomic E-state index is 4.71. The molecule has 0 radical (unpaired) electrons. The van der Waals surface area contributed by atoms with Crippen LogP contribution in [0.3, 0.4) is 0 Å². The summed E-state index contributed by atoms with van der Waals surface area (Å²) in [4.78, 5) is 13.7. The van der Waals surface area contributed by atoms with Gasteiger partial charge in [-0.15, -0.1) is 10.2 Å². The highest BCUT2D eigenvalue weighted by molar-refractivity contribution is 8.13. The van der Waals surface area contributed by atoms with E-state index < -0.39 is 0 Å². The van der Waals surface area contributed by atoms with E-state index >= 15 is 0 Å². The minimum Gasteiger partial charge on any atom is -1.00 e. The Morgan fingerprint density at radius 1 is 0.700 bits per heavy atom. The second-order valence-electron chi connectivity index (χ2n) is 9.52. The minimum absolute atomic E-state index is 0. The predicted octanol–water partition coefficient (Wildman–Crippen LogP) is 0.175. The highest BCUT2D eigenvalue weighted by Gasteiger charge is 2.15. The summed E-state index contributed by atoms with van der Waals surface area (Å²) >= 11 is 6.72. The third-order valence-electron chi connectivity index (χ3n) is 5.37. The summed E-state index contributed by atoms with van der Waals surface area (Å²) in [5, 5.41) is 12.6. The largest absolute Gasteiger partial charge is 1.00 e. The highest BCUT2D eigenvalue weighted by atomic mass is 35.5. The molecule has 4 rings (SSSR count). The van der Waals surface area contributed by atoms with Crippen LogP contribution in [-0.2, 0) is 11.5 Å². The Morgan fingerprint density at radius 3 is 1.40 bits per heavy atom. The maximum atomic E-state index is 4.71. The Hall–Kier alpha value is -1.96. The van der Waals surface area contributed by atoms with Crippen molar-refractivity contribution in [1.29, 1.82) is 0 Å². The fourth-order valence-electron chi connectivity index (χ4n) is 3.88. The summed E-state index contributed by atoms with van der Waals surface area (Å²) in [5.74, 6) is 1.76. The molecule has 0 aliphatic carbocycles. The predicted molar refractivity (Wildman–Crippen MR) is 168 cm³/mol. The third kappa shape index (κ3) is 8.77. The van der Waals surface area contributed by atoms with Crippen LogP contribution in [0.2, 0.25) is 0 Å². The van der Waals surface area contributed by atoms with Crippen molar-refractivity contribution in [2.75, 3.05) is 56.4 Å². The molecule has 216 valence electrons. The lowest BCUT2D eigenvalue weighted by Crippen LogP contribution is -3.00. The average Bonchev–Trinajstić information content (AvgIpc) is 3.44. The second-order valence-corrected chi connectivity index (χ2v) is 13.4. The van der Waals surface area contributed by atoms with Gasteiger partial charge in [0.05, 0.1) is 76.8 Å². The Morgan fingerprint density at radius 2 is 1.07 bits per heavy atom. The number of benzene rings is 2. The van der Waals surface area contributed by atoms with E-state index in [-0.39, 0.29) is 24.8 Å². The summed E-state index contributed by atoms with van der Waals surface area (Å²) in [6.07, 6.45) is 0. The molecule has 0 aliphatic rings. The van der Waals surface area contributed by atoms with Gasteiger partial charge in [0.25, 0.3) is 0 Å². The Labute approximate surface area is 265 Å². The topological polar surface area (TPSA) is 63.0 Å². The SMILES string of the molecule is CN(C)C(SCc1ccc2sc(N=Nc3nc4cc(CSC(N(C)C)=[N+](C)C)ccc4s3)nc2c1)=[N+](C)C.[Cl-].[Cl-]. The third-order valence-corrected chi connectivity index (χ3v) is 10.1. The van der Waals surface area contributed by atoms with Crippen LogP contribution in [0.1, 0.15) is 11.1 Å². The van der Waals surface area contributed by atoms with Gasteiger partial charge in [-0.05, 0) is 58.9 Å². The molecule has 0 unspecified atom stereocenters. The van der Waals surface area contributed by atoms with Crippen molar-refractivity contribution in [2.24, 2.45) is 10.2 Å².